The number of benzene rings is 1. The Morgan fingerprint density at radius 2 is 1.57 bits per heavy atom. The van der Waals surface area contributed by atoms with E-state index in [4.69, 9.17) is 0 Å². The van der Waals surface area contributed by atoms with Crippen LogP contribution in [0.4, 0.5) is 4.39 Å². The van der Waals surface area contributed by atoms with Crippen LogP contribution in [0.5, 0.6) is 0 Å². The average molecular weight is 332 g/mol. The Hall–Kier alpha value is -1.27. The normalized spacial score (nSPS) is 11.7. The van der Waals surface area contributed by atoms with E-state index in [2.05, 4.69) is 50.0 Å². The number of pyridine rings is 1. The zero-order valence-corrected chi connectivity index (χ0v) is 15.5. The molecule has 0 N–H and O–H groups in total. The Labute approximate surface area is 140 Å². The van der Waals surface area contributed by atoms with Crippen LogP contribution in [-0.4, -0.2) is 23.5 Å². The van der Waals surface area contributed by atoms with Crippen molar-refractivity contribution in [1.82, 2.24) is 4.98 Å². The molecule has 0 saturated heterocycles. The highest BCUT2D eigenvalue weighted by Gasteiger charge is 2.37. The van der Waals surface area contributed by atoms with Crippen molar-refractivity contribution in [2.45, 2.75) is 40.0 Å². The maximum atomic E-state index is 13.1. The van der Waals surface area contributed by atoms with Crippen molar-refractivity contribution in [2.24, 2.45) is 0 Å². The van der Waals surface area contributed by atoms with Gasteiger partial charge in [-0.25, -0.2) is 4.39 Å². The lowest BCUT2D eigenvalue weighted by Crippen LogP contribution is -2.20. The lowest BCUT2D eigenvalue weighted by atomic mass is 10.1. The van der Waals surface area contributed by atoms with Crippen molar-refractivity contribution in [2.75, 3.05) is 18.5 Å². The van der Waals surface area contributed by atoms with Gasteiger partial charge in [0, 0.05) is 12.8 Å². The summed E-state index contributed by atoms with van der Waals surface area (Å²) in [5.41, 5.74) is 1.96. The molecule has 124 valence electrons. The molecule has 0 spiro atoms. The number of aromatic nitrogens is 1. The van der Waals surface area contributed by atoms with Crippen LogP contribution >= 0.6 is 7.26 Å². The van der Waals surface area contributed by atoms with E-state index in [1.54, 1.807) is 6.07 Å². The van der Waals surface area contributed by atoms with E-state index in [0.29, 0.717) is 0 Å². The average Bonchev–Trinajstić information content (AvgIpc) is 2.56. The first-order valence-corrected chi connectivity index (χ1v) is 11.1. The Morgan fingerprint density at radius 1 is 0.913 bits per heavy atom. The van der Waals surface area contributed by atoms with Crippen molar-refractivity contribution in [1.29, 1.82) is 0 Å². The van der Waals surface area contributed by atoms with Crippen molar-refractivity contribution in [3.8, 4) is 11.3 Å². The van der Waals surface area contributed by atoms with Crippen LogP contribution in [0.1, 0.15) is 40.0 Å². The van der Waals surface area contributed by atoms with E-state index < -0.39 is 7.26 Å². The molecular formula is C20H28FNP+. The summed E-state index contributed by atoms with van der Waals surface area (Å²) in [6.45, 7) is 6.89. The second kappa shape index (κ2) is 8.55. The number of hydrogen-bond donors (Lipinski definition) is 0. The van der Waals surface area contributed by atoms with Crippen LogP contribution < -0.4 is 5.30 Å². The topological polar surface area (TPSA) is 12.9 Å². The van der Waals surface area contributed by atoms with Crippen molar-refractivity contribution < 1.29 is 4.39 Å². The van der Waals surface area contributed by atoms with E-state index in [-0.39, 0.29) is 5.82 Å². The Morgan fingerprint density at radius 3 is 2.09 bits per heavy atom. The number of nitrogens with zero attached hydrogens (tertiary/aromatic N) is 1. The van der Waals surface area contributed by atoms with Crippen LogP contribution in [0.2, 0.25) is 0 Å². The van der Waals surface area contributed by atoms with E-state index >= 15 is 0 Å². The summed E-state index contributed by atoms with van der Waals surface area (Å²) < 4.78 is 13.1. The van der Waals surface area contributed by atoms with Crippen molar-refractivity contribution in [3.05, 3.63) is 48.4 Å². The Bertz CT molecular complexity index is 592. The molecule has 0 atom stereocenters. The molecule has 1 aromatic heterocycles. The molecule has 1 aromatic carbocycles. The number of rotatable bonds is 8. The van der Waals surface area contributed by atoms with E-state index in [1.807, 2.05) is 0 Å². The highest BCUT2D eigenvalue weighted by molar-refractivity contribution is 7.82. The summed E-state index contributed by atoms with van der Waals surface area (Å²) in [5.74, 6) is -0.283. The number of halogens is 1. The van der Waals surface area contributed by atoms with Crippen molar-refractivity contribution in [3.63, 3.8) is 0 Å². The second-order valence-corrected chi connectivity index (χ2v) is 10.4. The van der Waals surface area contributed by atoms with Gasteiger partial charge in [0.15, 0.2) is 0 Å². The lowest BCUT2D eigenvalue weighted by Gasteiger charge is -2.27. The fourth-order valence-electron chi connectivity index (χ4n) is 3.51. The molecule has 2 rings (SSSR count). The SMILES string of the molecule is CCC[P+](CCC)(CCC)c1cccc(-c2ccc(F)cn2)c1. The zero-order chi connectivity index (χ0) is 16.7. The van der Waals surface area contributed by atoms with Gasteiger partial charge in [-0.1, -0.05) is 32.9 Å². The second-order valence-electron chi connectivity index (χ2n) is 6.23. The van der Waals surface area contributed by atoms with Crippen LogP contribution in [-0.2, 0) is 0 Å². The smallest absolute Gasteiger partial charge is 0.141 e. The molecule has 0 aliphatic rings. The number of hydrogen-bond acceptors (Lipinski definition) is 1. The standard InChI is InChI=1S/C20H28FNP/c1-4-12-23(13-5-2,14-6-3)19-9-7-8-17(15-19)20-11-10-18(21)16-22-20/h7-11,15-16H,4-6,12-14H2,1-3H3/q+1. The third kappa shape index (κ3) is 4.38. The molecular weight excluding hydrogens is 304 g/mol. The van der Waals surface area contributed by atoms with Crippen LogP contribution in [0, 0.1) is 5.82 Å². The summed E-state index contributed by atoms with van der Waals surface area (Å²) in [6, 6.07) is 12.1. The fraction of sp³-hybridized carbons (Fsp3) is 0.450. The minimum atomic E-state index is -1.11. The maximum Gasteiger partial charge on any atom is 0.141 e. The molecule has 0 saturated carbocycles. The minimum Gasteiger partial charge on any atom is -0.253 e. The molecule has 0 aliphatic carbocycles. The lowest BCUT2D eigenvalue weighted by molar-refractivity contribution is 0.622. The molecule has 0 unspecified atom stereocenters. The molecule has 1 nitrogen and oxygen atoms in total. The van der Waals surface area contributed by atoms with E-state index in [0.717, 1.165) is 11.3 Å². The van der Waals surface area contributed by atoms with Gasteiger partial charge in [0.1, 0.15) is 5.82 Å². The molecule has 0 fully saturated rings. The highest BCUT2D eigenvalue weighted by Crippen LogP contribution is 2.59. The van der Waals surface area contributed by atoms with Gasteiger partial charge in [0.05, 0.1) is 35.7 Å². The van der Waals surface area contributed by atoms with Gasteiger partial charge in [-0.2, -0.15) is 0 Å². The summed E-state index contributed by atoms with van der Waals surface area (Å²) >= 11 is 0. The molecule has 0 radical (unpaired) electrons. The third-order valence-corrected chi connectivity index (χ3v) is 9.66. The van der Waals surface area contributed by atoms with E-state index in [1.165, 1.54) is 55.3 Å². The molecule has 0 amide bonds. The largest absolute Gasteiger partial charge is 0.253 e. The maximum absolute atomic E-state index is 13.1. The predicted molar refractivity (Wildman–Crippen MR) is 102 cm³/mol. The molecule has 23 heavy (non-hydrogen) atoms. The van der Waals surface area contributed by atoms with Gasteiger partial charge >= 0.3 is 0 Å². The van der Waals surface area contributed by atoms with Gasteiger partial charge in [-0.3, -0.25) is 4.98 Å². The predicted octanol–water partition coefficient (Wildman–Crippen LogP) is 5.76. The molecule has 3 heteroatoms. The summed E-state index contributed by atoms with van der Waals surface area (Å²) in [7, 11) is -1.11. The Kier molecular flexibility index (Phi) is 6.72. The molecule has 2 aromatic rings. The monoisotopic (exact) mass is 332 g/mol. The first-order chi connectivity index (χ1) is 11.1. The van der Waals surface area contributed by atoms with Crippen LogP contribution in [0.3, 0.4) is 0 Å². The van der Waals surface area contributed by atoms with E-state index in [9.17, 15) is 4.39 Å². The summed E-state index contributed by atoms with van der Waals surface area (Å²) in [4.78, 5) is 4.25. The quantitative estimate of drug-likeness (QED) is 0.560. The van der Waals surface area contributed by atoms with Gasteiger partial charge in [0.25, 0.3) is 0 Å². The molecule has 0 aliphatic heterocycles. The van der Waals surface area contributed by atoms with Crippen molar-refractivity contribution >= 4 is 12.6 Å². The van der Waals surface area contributed by atoms with Gasteiger partial charge < -0.3 is 0 Å². The third-order valence-electron chi connectivity index (χ3n) is 4.37. The summed E-state index contributed by atoms with van der Waals surface area (Å²) in [6.07, 6.45) is 9.01. The highest BCUT2D eigenvalue weighted by atomic mass is 31.2. The first kappa shape index (κ1) is 18.1. The molecule has 0 bridgehead atoms. The van der Waals surface area contributed by atoms with Crippen LogP contribution in [0.25, 0.3) is 11.3 Å². The van der Waals surface area contributed by atoms with Crippen LogP contribution in [0.15, 0.2) is 42.6 Å². The summed E-state index contributed by atoms with van der Waals surface area (Å²) in [5, 5.41) is 1.52. The fourth-order valence-corrected chi connectivity index (χ4v) is 8.34. The molecule has 1 heterocycles. The van der Waals surface area contributed by atoms with Gasteiger partial charge in [-0.05, 0) is 43.5 Å². The van der Waals surface area contributed by atoms with Gasteiger partial charge in [-0.15, -0.1) is 0 Å². The minimum absolute atomic E-state index is 0.283. The van der Waals surface area contributed by atoms with Gasteiger partial charge in [0.2, 0.25) is 0 Å². The first-order valence-electron chi connectivity index (χ1n) is 8.74. The Balaban J connectivity index is 2.43. The zero-order valence-electron chi connectivity index (χ0n) is 14.6.